The lowest BCUT2D eigenvalue weighted by atomic mass is 10.2. The molecule has 0 atom stereocenters. The molecule has 2 aromatic carbocycles. The van der Waals surface area contributed by atoms with Crippen molar-refractivity contribution in [1.29, 1.82) is 0 Å². The van der Waals surface area contributed by atoms with Crippen molar-refractivity contribution in [3.63, 3.8) is 0 Å². The number of nitrogens with zero attached hydrogens (tertiary/aromatic N) is 1. The van der Waals surface area contributed by atoms with Crippen LogP contribution >= 0.6 is 11.3 Å². The standard InChI is InChI=1S/C21H21NO5S/c1-3-16-19(21(23)24)28-20(22-16)14-9-10-17(25-2)18(13-14)27-12-11-26-15-7-5-4-6-8-15/h4-10,13H,3,11-12H2,1-2H3,(H,23,24). The van der Waals surface area contributed by atoms with Crippen molar-refractivity contribution in [1.82, 2.24) is 4.98 Å². The van der Waals surface area contributed by atoms with Crippen molar-refractivity contribution < 1.29 is 24.1 Å². The molecule has 0 spiro atoms. The fourth-order valence-electron chi connectivity index (χ4n) is 2.63. The largest absolute Gasteiger partial charge is 0.493 e. The summed E-state index contributed by atoms with van der Waals surface area (Å²) < 4.78 is 16.8. The van der Waals surface area contributed by atoms with Gasteiger partial charge in [0.2, 0.25) is 0 Å². The number of rotatable bonds is 9. The molecule has 3 rings (SSSR count). The third-order valence-corrected chi connectivity index (χ3v) is 5.12. The lowest BCUT2D eigenvalue weighted by molar-refractivity contribution is 0.0701. The van der Waals surface area contributed by atoms with Crippen molar-refractivity contribution in [3.05, 3.63) is 59.1 Å². The number of para-hydroxylation sites is 1. The van der Waals surface area contributed by atoms with Gasteiger partial charge in [-0.25, -0.2) is 9.78 Å². The van der Waals surface area contributed by atoms with Gasteiger partial charge >= 0.3 is 5.97 Å². The van der Waals surface area contributed by atoms with Crippen LogP contribution in [0, 0.1) is 0 Å². The molecule has 7 heteroatoms. The fourth-order valence-corrected chi connectivity index (χ4v) is 3.62. The van der Waals surface area contributed by atoms with Crippen LogP contribution in [-0.2, 0) is 6.42 Å². The second-order valence-electron chi connectivity index (χ2n) is 5.83. The Bertz CT molecular complexity index is 939. The molecular formula is C21H21NO5S. The maximum Gasteiger partial charge on any atom is 0.347 e. The first-order chi connectivity index (χ1) is 13.6. The van der Waals surface area contributed by atoms with Crippen LogP contribution in [0.1, 0.15) is 22.3 Å². The van der Waals surface area contributed by atoms with Gasteiger partial charge in [-0.2, -0.15) is 0 Å². The van der Waals surface area contributed by atoms with E-state index in [9.17, 15) is 9.90 Å². The number of carboxylic acid groups (broad SMARTS) is 1. The summed E-state index contributed by atoms with van der Waals surface area (Å²) in [6.45, 7) is 2.62. The molecule has 0 aliphatic rings. The highest BCUT2D eigenvalue weighted by atomic mass is 32.1. The van der Waals surface area contributed by atoms with Crippen molar-refractivity contribution in [2.75, 3.05) is 20.3 Å². The topological polar surface area (TPSA) is 77.9 Å². The van der Waals surface area contributed by atoms with Crippen LogP contribution in [0.2, 0.25) is 0 Å². The molecule has 0 amide bonds. The number of carboxylic acids is 1. The van der Waals surface area contributed by atoms with Crippen LogP contribution in [-0.4, -0.2) is 36.4 Å². The summed E-state index contributed by atoms with van der Waals surface area (Å²) in [4.78, 5) is 16.1. The van der Waals surface area contributed by atoms with Crippen LogP contribution in [0.15, 0.2) is 48.5 Å². The summed E-state index contributed by atoms with van der Waals surface area (Å²) in [5.74, 6) is 0.975. The Balaban J connectivity index is 1.74. The van der Waals surface area contributed by atoms with Crippen molar-refractivity contribution in [2.24, 2.45) is 0 Å². The highest BCUT2D eigenvalue weighted by Gasteiger charge is 2.18. The summed E-state index contributed by atoms with van der Waals surface area (Å²) in [6, 6.07) is 15.0. The normalized spacial score (nSPS) is 10.5. The van der Waals surface area contributed by atoms with Gasteiger partial charge in [-0.05, 0) is 36.8 Å². The number of aryl methyl sites for hydroxylation is 1. The van der Waals surface area contributed by atoms with E-state index < -0.39 is 5.97 Å². The van der Waals surface area contributed by atoms with Gasteiger partial charge in [-0.1, -0.05) is 25.1 Å². The zero-order valence-electron chi connectivity index (χ0n) is 15.7. The van der Waals surface area contributed by atoms with Crippen molar-refractivity contribution in [2.45, 2.75) is 13.3 Å². The number of ether oxygens (including phenoxy) is 3. The molecule has 0 fully saturated rings. The number of aromatic carboxylic acids is 1. The Morgan fingerprint density at radius 3 is 2.46 bits per heavy atom. The van der Waals surface area contributed by atoms with E-state index in [1.54, 1.807) is 13.2 Å². The molecule has 1 aromatic heterocycles. The molecule has 0 saturated heterocycles. The van der Waals surface area contributed by atoms with E-state index in [-0.39, 0.29) is 4.88 Å². The molecule has 0 saturated carbocycles. The summed E-state index contributed by atoms with van der Waals surface area (Å²) in [5.41, 5.74) is 1.37. The Kier molecular flexibility index (Phi) is 6.49. The highest BCUT2D eigenvalue weighted by molar-refractivity contribution is 7.17. The number of carbonyl (C=O) groups is 1. The monoisotopic (exact) mass is 399 g/mol. The van der Waals surface area contributed by atoms with E-state index in [1.807, 2.05) is 49.4 Å². The summed E-state index contributed by atoms with van der Waals surface area (Å²) >= 11 is 1.16. The maximum absolute atomic E-state index is 11.4. The Morgan fingerprint density at radius 1 is 1.07 bits per heavy atom. The minimum atomic E-state index is -0.955. The molecule has 6 nitrogen and oxygen atoms in total. The van der Waals surface area contributed by atoms with Gasteiger partial charge in [0.25, 0.3) is 0 Å². The Labute approximate surface area is 167 Å². The van der Waals surface area contributed by atoms with E-state index in [0.717, 1.165) is 22.6 Å². The molecule has 1 N–H and O–H groups in total. The zero-order valence-corrected chi connectivity index (χ0v) is 16.5. The second-order valence-corrected chi connectivity index (χ2v) is 6.83. The Hall–Kier alpha value is -3.06. The van der Waals surface area contributed by atoms with Crippen LogP contribution in [0.3, 0.4) is 0 Å². The molecule has 0 aliphatic carbocycles. The minimum Gasteiger partial charge on any atom is -0.493 e. The van der Waals surface area contributed by atoms with Gasteiger partial charge in [0.15, 0.2) is 11.5 Å². The van der Waals surface area contributed by atoms with Crippen LogP contribution in [0.4, 0.5) is 0 Å². The number of aromatic nitrogens is 1. The van der Waals surface area contributed by atoms with E-state index in [4.69, 9.17) is 14.2 Å². The number of methoxy groups -OCH3 is 1. The number of hydrogen-bond acceptors (Lipinski definition) is 6. The molecule has 3 aromatic rings. The fraction of sp³-hybridized carbons (Fsp3) is 0.238. The van der Waals surface area contributed by atoms with Gasteiger partial charge < -0.3 is 19.3 Å². The predicted octanol–water partition coefficient (Wildman–Crippen LogP) is 4.54. The number of benzene rings is 2. The molecule has 0 unspecified atom stereocenters. The molecule has 0 radical (unpaired) electrons. The highest BCUT2D eigenvalue weighted by Crippen LogP contribution is 2.35. The summed E-state index contributed by atoms with van der Waals surface area (Å²) in [5, 5.41) is 9.98. The van der Waals surface area contributed by atoms with E-state index >= 15 is 0 Å². The van der Waals surface area contributed by atoms with Crippen molar-refractivity contribution >= 4 is 17.3 Å². The first kappa shape index (κ1) is 19.7. The number of thiazole rings is 1. The molecule has 1 heterocycles. The Morgan fingerprint density at radius 2 is 1.82 bits per heavy atom. The average molecular weight is 399 g/mol. The van der Waals surface area contributed by atoms with Crippen LogP contribution in [0.25, 0.3) is 10.6 Å². The maximum atomic E-state index is 11.4. The quantitative estimate of drug-likeness (QED) is 0.533. The molecule has 0 aliphatic heterocycles. The lowest BCUT2D eigenvalue weighted by Crippen LogP contribution is -2.09. The third kappa shape index (κ3) is 4.61. The SMILES string of the molecule is CCc1nc(-c2ccc(OC)c(OCCOc3ccccc3)c2)sc1C(=O)O. The van der Waals surface area contributed by atoms with E-state index in [2.05, 4.69) is 4.98 Å². The van der Waals surface area contributed by atoms with Gasteiger partial charge in [0.1, 0.15) is 28.8 Å². The molecular weight excluding hydrogens is 378 g/mol. The molecule has 0 bridgehead atoms. The number of hydrogen-bond donors (Lipinski definition) is 1. The van der Waals surface area contributed by atoms with Gasteiger partial charge in [-0.3, -0.25) is 0 Å². The predicted molar refractivity (Wildman–Crippen MR) is 108 cm³/mol. The average Bonchev–Trinajstić information content (AvgIpc) is 3.17. The van der Waals surface area contributed by atoms with Gasteiger partial charge in [0.05, 0.1) is 12.8 Å². The van der Waals surface area contributed by atoms with Gasteiger partial charge in [0, 0.05) is 5.56 Å². The van der Waals surface area contributed by atoms with Gasteiger partial charge in [-0.15, -0.1) is 11.3 Å². The van der Waals surface area contributed by atoms with Crippen LogP contribution in [0.5, 0.6) is 17.2 Å². The van der Waals surface area contributed by atoms with Crippen molar-refractivity contribution in [3.8, 4) is 27.8 Å². The minimum absolute atomic E-state index is 0.270. The lowest BCUT2D eigenvalue weighted by Gasteiger charge is -2.12. The third-order valence-electron chi connectivity index (χ3n) is 3.99. The van der Waals surface area contributed by atoms with E-state index in [0.29, 0.717) is 41.8 Å². The zero-order chi connectivity index (χ0) is 19.9. The van der Waals surface area contributed by atoms with E-state index in [1.165, 1.54) is 0 Å². The second kappa shape index (κ2) is 9.23. The van der Waals surface area contributed by atoms with Crippen LogP contribution < -0.4 is 14.2 Å². The first-order valence-electron chi connectivity index (χ1n) is 8.84. The summed E-state index contributed by atoms with van der Waals surface area (Å²) in [7, 11) is 1.57. The first-order valence-corrected chi connectivity index (χ1v) is 9.66. The molecule has 146 valence electrons. The molecule has 28 heavy (non-hydrogen) atoms. The smallest absolute Gasteiger partial charge is 0.347 e. The summed E-state index contributed by atoms with van der Waals surface area (Å²) in [6.07, 6.45) is 0.564.